The lowest BCUT2D eigenvalue weighted by atomic mass is 10.0. The Morgan fingerprint density at radius 1 is 1.13 bits per heavy atom. The van der Waals surface area contributed by atoms with Crippen molar-refractivity contribution < 1.29 is 13.9 Å². The third-order valence-electron chi connectivity index (χ3n) is 6.96. The Bertz CT molecular complexity index is 1430. The second-order valence-electron chi connectivity index (χ2n) is 9.34. The second kappa shape index (κ2) is 10.5. The highest BCUT2D eigenvalue weighted by Crippen LogP contribution is 2.35. The van der Waals surface area contributed by atoms with Crippen molar-refractivity contribution in [3.8, 4) is 23.0 Å². The van der Waals surface area contributed by atoms with Crippen LogP contribution in [0.5, 0.6) is 6.01 Å². The van der Waals surface area contributed by atoms with Gasteiger partial charge in [-0.25, -0.2) is 24.4 Å². The van der Waals surface area contributed by atoms with Crippen molar-refractivity contribution in [1.29, 1.82) is 0 Å². The van der Waals surface area contributed by atoms with E-state index in [1.165, 1.54) is 19.4 Å². The van der Waals surface area contributed by atoms with Crippen molar-refractivity contribution in [1.82, 2.24) is 34.9 Å². The van der Waals surface area contributed by atoms with E-state index in [4.69, 9.17) is 9.84 Å². The largest absolute Gasteiger partial charge is 0.467 e. The minimum absolute atomic E-state index is 0.194. The number of rotatable bonds is 6. The first-order chi connectivity index (χ1) is 18.4. The average molecular weight is 517 g/mol. The van der Waals surface area contributed by atoms with Crippen molar-refractivity contribution >= 4 is 11.8 Å². The standard InChI is InChI=1S/C27H29FN8O2/c1-16-12-21(24(35(16)3)18-10-11-29-22(28)13-18)32-26(37)33-25-17(2)23(19-14-30-27(38-4)31-15-19)34-36(25)20-8-6-5-7-9-20/h5-11,13-16,21,24H,12H2,1-4H3,(H2,32,33,37)/t16?,21-,24+/m1/s1. The number of carbonyl (C=O) groups excluding carboxylic acids is 1. The minimum Gasteiger partial charge on any atom is -0.467 e. The van der Waals surface area contributed by atoms with E-state index in [2.05, 4.69) is 37.4 Å². The number of halogens is 1. The van der Waals surface area contributed by atoms with Crippen LogP contribution in [-0.2, 0) is 0 Å². The van der Waals surface area contributed by atoms with Crippen LogP contribution < -0.4 is 15.4 Å². The molecule has 1 unspecified atom stereocenters. The summed E-state index contributed by atoms with van der Waals surface area (Å²) >= 11 is 0. The van der Waals surface area contributed by atoms with E-state index in [0.29, 0.717) is 23.5 Å². The van der Waals surface area contributed by atoms with Crippen molar-refractivity contribution in [2.24, 2.45) is 0 Å². The van der Waals surface area contributed by atoms with Gasteiger partial charge in [0.05, 0.1) is 24.9 Å². The summed E-state index contributed by atoms with van der Waals surface area (Å²) in [6, 6.07) is 12.4. The molecule has 5 rings (SSSR count). The van der Waals surface area contributed by atoms with E-state index in [1.54, 1.807) is 23.1 Å². The highest BCUT2D eigenvalue weighted by atomic mass is 19.1. The van der Waals surface area contributed by atoms with E-state index in [-0.39, 0.29) is 30.2 Å². The lowest BCUT2D eigenvalue weighted by molar-refractivity contribution is 0.230. The van der Waals surface area contributed by atoms with Crippen LogP contribution in [0.1, 0.15) is 30.5 Å². The maximum atomic E-state index is 13.9. The van der Waals surface area contributed by atoms with Gasteiger partial charge in [-0.15, -0.1) is 0 Å². The number of nitrogens with one attached hydrogen (secondary N) is 2. The number of likely N-dealkylation sites (N-methyl/N-ethyl adjacent to an activating group) is 1. The molecular weight excluding hydrogens is 487 g/mol. The predicted octanol–water partition coefficient (Wildman–Crippen LogP) is 4.14. The summed E-state index contributed by atoms with van der Waals surface area (Å²) in [7, 11) is 3.48. The number of urea groups is 1. The van der Waals surface area contributed by atoms with Gasteiger partial charge in [-0.3, -0.25) is 10.2 Å². The van der Waals surface area contributed by atoms with Crippen molar-refractivity contribution in [3.63, 3.8) is 0 Å². The number of methoxy groups -OCH3 is 1. The molecule has 0 aliphatic carbocycles. The molecule has 2 N–H and O–H groups in total. The fourth-order valence-electron chi connectivity index (χ4n) is 4.96. The molecule has 0 spiro atoms. The molecule has 2 amide bonds. The number of aromatic nitrogens is 5. The summed E-state index contributed by atoms with van der Waals surface area (Å²) in [6.45, 7) is 3.97. The van der Waals surface area contributed by atoms with Gasteiger partial charge in [-0.05, 0) is 57.1 Å². The van der Waals surface area contributed by atoms with Crippen molar-refractivity contribution in [3.05, 3.63) is 78.1 Å². The number of carbonyl (C=O) groups is 1. The molecule has 4 aromatic rings. The number of amides is 2. The molecule has 38 heavy (non-hydrogen) atoms. The zero-order valence-electron chi connectivity index (χ0n) is 21.6. The zero-order valence-corrected chi connectivity index (χ0v) is 21.6. The van der Waals surface area contributed by atoms with Crippen molar-refractivity contribution in [2.45, 2.75) is 38.4 Å². The predicted molar refractivity (Wildman–Crippen MR) is 141 cm³/mol. The van der Waals surface area contributed by atoms with Crippen LogP contribution in [0.25, 0.3) is 16.9 Å². The summed E-state index contributed by atoms with van der Waals surface area (Å²) in [4.78, 5) is 27.6. The number of likely N-dealkylation sites (tertiary alicyclic amines) is 1. The molecule has 196 valence electrons. The van der Waals surface area contributed by atoms with Crippen LogP contribution in [0.3, 0.4) is 0 Å². The summed E-state index contributed by atoms with van der Waals surface area (Å²) in [5.41, 5.74) is 3.62. The molecule has 0 bridgehead atoms. The Labute approximate surface area is 219 Å². The van der Waals surface area contributed by atoms with E-state index >= 15 is 0 Å². The first-order valence-corrected chi connectivity index (χ1v) is 12.3. The molecule has 1 aliphatic heterocycles. The van der Waals surface area contributed by atoms with Gasteiger partial charge >= 0.3 is 12.0 Å². The number of anilines is 1. The topological polar surface area (TPSA) is 110 Å². The molecule has 1 aliphatic rings. The molecule has 10 nitrogen and oxygen atoms in total. The summed E-state index contributed by atoms with van der Waals surface area (Å²) in [5, 5.41) is 10.9. The van der Waals surface area contributed by atoms with Crippen LogP contribution >= 0.6 is 0 Å². The van der Waals surface area contributed by atoms with Gasteiger partial charge in [-0.2, -0.15) is 9.49 Å². The second-order valence-corrected chi connectivity index (χ2v) is 9.34. The zero-order chi connectivity index (χ0) is 26.8. The number of ether oxygens (including phenoxy) is 1. The summed E-state index contributed by atoms with van der Waals surface area (Å²) in [6.07, 6.45) is 5.43. The SMILES string of the molecule is COc1ncc(-c2nn(-c3ccccc3)c(NC(=O)N[C@@H]3CC(C)N(C)[C@H]3c3ccnc(F)c3)c2C)cn1. The first-order valence-electron chi connectivity index (χ1n) is 12.3. The van der Waals surface area contributed by atoms with Crippen LogP contribution in [0.2, 0.25) is 0 Å². The maximum Gasteiger partial charge on any atom is 0.320 e. The molecule has 0 saturated carbocycles. The number of benzene rings is 1. The van der Waals surface area contributed by atoms with E-state index < -0.39 is 5.95 Å². The molecule has 0 radical (unpaired) electrons. The van der Waals surface area contributed by atoms with Crippen LogP contribution in [0, 0.1) is 12.9 Å². The van der Waals surface area contributed by atoms with E-state index in [9.17, 15) is 9.18 Å². The monoisotopic (exact) mass is 516 g/mol. The van der Waals surface area contributed by atoms with Gasteiger partial charge in [0.2, 0.25) is 5.95 Å². The van der Waals surface area contributed by atoms with E-state index in [0.717, 1.165) is 16.8 Å². The highest BCUT2D eigenvalue weighted by molar-refractivity contribution is 5.91. The molecule has 1 saturated heterocycles. The first kappa shape index (κ1) is 25.3. The number of pyridine rings is 1. The fraction of sp³-hybridized carbons (Fsp3) is 0.296. The van der Waals surface area contributed by atoms with Gasteiger partial charge in [-0.1, -0.05) is 18.2 Å². The summed E-state index contributed by atoms with van der Waals surface area (Å²) in [5.74, 6) is -0.0264. The highest BCUT2D eigenvalue weighted by Gasteiger charge is 2.39. The Morgan fingerprint density at radius 2 is 1.87 bits per heavy atom. The molecule has 1 fully saturated rings. The molecular formula is C27H29FN8O2. The molecule has 1 aromatic carbocycles. The number of nitrogens with zero attached hydrogens (tertiary/aromatic N) is 6. The Morgan fingerprint density at radius 3 is 2.55 bits per heavy atom. The van der Waals surface area contributed by atoms with Crippen molar-refractivity contribution in [2.75, 3.05) is 19.5 Å². The van der Waals surface area contributed by atoms with Crippen LogP contribution in [-0.4, -0.2) is 61.9 Å². The molecule has 3 aromatic heterocycles. The third kappa shape index (κ3) is 4.92. The van der Waals surface area contributed by atoms with Crippen LogP contribution in [0.15, 0.2) is 61.1 Å². The molecule has 3 atom stereocenters. The van der Waals surface area contributed by atoms with E-state index in [1.807, 2.05) is 44.3 Å². The Hall–Kier alpha value is -4.38. The third-order valence-corrected chi connectivity index (χ3v) is 6.96. The summed E-state index contributed by atoms with van der Waals surface area (Å²) < 4.78 is 20.7. The van der Waals surface area contributed by atoms with Gasteiger partial charge in [0.1, 0.15) is 11.5 Å². The lowest BCUT2D eigenvalue weighted by Crippen LogP contribution is -2.41. The Balaban J connectivity index is 1.45. The number of hydrogen-bond donors (Lipinski definition) is 2. The quantitative estimate of drug-likeness (QED) is 0.371. The van der Waals surface area contributed by atoms with Gasteiger partial charge in [0.25, 0.3) is 0 Å². The Kier molecular flexibility index (Phi) is 7.01. The number of para-hydroxylation sites is 1. The minimum atomic E-state index is -0.545. The fourth-order valence-corrected chi connectivity index (χ4v) is 4.96. The van der Waals surface area contributed by atoms with Gasteiger partial charge in [0, 0.05) is 35.8 Å². The molecule has 11 heteroatoms. The number of hydrogen-bond acceptors (Lipinski definition) is 7. The molecule has 4 heterocycles. The smallest absolute Gasteiger partial charge is 0.320 e. The lowest BCUT2D eigenvalue weighted by Gasteiger charge is -2.27. The van der Waals surface area contributed by atoms with Crippen LogP contribution in [0.4, 0.5) is 15.0 Å². The van der Waals surface area contributed by atoms with Gasteiger partial charge in [0.15, 0.2) is 0 Å². The van der Waals surface area contributed by atoms with Gasteiger partial charge < -0.3 is 10.1 Å². The maximum absolute atomic E-state index is 13.9. The normalized spacial score (nSPS) is 19.3. The average Bonchev–Trinajstić information content (AvgIpc) is 3.39.